The third-order valence-electron chi connectivity index (χ3n) is 4.85. The second kappa shape index (κ2) is 8.12. The Morgan fingerprint density at radius 3 is 2.41 bits per heavy atom. The van der Waals surface area contributed by atoms with E-state index in [9.17, 15) is 9.59 Å². The Kier molecular flexibility index (Phi) is 5.64. The van der Waals surface area contributed by atoms with Crippen molar-refractivity contribution >= 4 is 17.5 Å². The topological polar surface area (TPSA) is 67.9 Å². The first-order chi connectivity index (χ1) is 13.1. The van der Waals surface area contributed by atoms with Gasteiger partial charge in [0.05, 0.1) is 14.2 Å². The monoisotopic (exact) mass is 368 g/mol. The molecule has 0 saturated heterocycles. The summed E-state index contributed by atoms with van der Waals surface area (Å²) >= 11 is 0. The highest BCUT2D eigenvalue weighted by atomic mass is 16.5. The van der Waals surface area contributed by atoms with Crippen LogP contribution in [-0.2, 0) is 29.0 Å². The van der Waals surface area contributed by atoms with Crippen molar-refractivity contribution in [1.29, 1.82) is 0 Å². The Morgan fingerprint density at radius 2 is 1.74 bits per heavy atom. The molecule has 27 heavy (non-hydrogen) atoms. The van der Waals surface area contributed by atoms with Gasteiger partial charge in [0.1, 0.15) is 0 Å². The highest BCUT2D eigenvalue weighted by Gasteiger charge is 2.27. The van der Waals surface area contributed by atoms with E-state index in [-0.39, 0.29) is 0 Å². The molecule has 1 N–H and O–H groups in total. The van der Waals surface area contributed by atoms with Crippen LogP contribution in [0.15, 0.2) is 36.4 Å². The van der Waals surface area contributed by atoms with Crippen molar-refractivity contribution in [2.45, 2.75) is 26.3 Å². The lowest BCUT2D eigenvalue weighted by atomic mass is 9.98. The van der Waals surface area contributed by atoms with E-state index in [4.69, 9.17) is 9.47 Å². The number of ether oxygens (including phenoxy) is 2. The van der Waals surface area contributed by atoms with Crippen LogP contribution in [0, 0.1) is 0 Å². The lowest BCUT2D eigenvalue weighted by Crippen LogP contribution is -2.42. The van der Waals surface area contributed by atoms with E-state index in [2.05, 4.69) is 5.32 Å². The highest BCUT2D eigenvalue weighted by Crippen LogP contribution is 2.33. The molecule has 2 aromatic rings. The molecule has 142 valence electrons. The van der Waals surface area contributed by atoms with Crippen molar-refractivity contribution in [3.05, 3.63) is 53.1 Å². The molecule has 3 rings (SSSR count). The lowest BCUT2D eigenvalue weighted by Gasteiger charge is -2.29. The molecular weight excluding hydrogens is 344 g/mol. The Balaban J connectivity index is 1.74. The first-order valence-electron chi connectivity index (χ1n) is 8.99. The fourth-order valence-electron chi connectivity index (χ4n) is 3.33. The lowest BCUT2D eigenvalue weighted by molar-refractivity contribution is -0.143. The minimum atomic E-state index is -0.611. The van der Waals surface area contributed by atoms with Crippen LogP contribution in [0.25, 0.3) is 0 Å². The molecule has 1 aliphatic rings. The van der Waals surface area contributed by atoms with Gasteiger partial charge in [0.15, 0.2) is 11.5 Å². The maximum atomic E-state index is 12.6. The molecule has 0 bridgehead atoms. The molecule has 1 aliphatic heterocycles. The quantitative estimate of drug-likeness (QED) is 0.843. The number of benzene rings is 2. The van der Waals surface area contributed by atoms with E-state index in [1.54, 1.807) is 19.1 Å². The Labute approximate surface area is 159 Å². The van der Waals surface area contributed by atoms with E-state index in [0.29, 0.717) is 36.7 Å². The Hall–Kier alpha value is -3.02. The number of fused-ring (bicyclic) bond motifs is 1. The van der Waals surface area contributed by atoms with E-state index in [0.717, 1.165) is 23.1 Å². The maximum Gasteiger partial charge on any atom is 0.313 e. The van der Waals surface area contributed by atoms with Gasteiger partial charge in [-0.15, -0.1) is 0 Å². The zero-order chi connectivity index (χ0) is 19.4. The van der Waals surface area contributed by atoms with Crippen LogP contribution >= 0.6 is 0 Å². The van der Waals surface area contributed by atoms with Crippen LogP contribution in [0.1, 0.15) is 23.6 Å². The number of amides is 2. The van der Waals surface area contributed by atoms with Crippen molar-refractivity contribution in [3.63, 3.8) is 0 Å². The van der Waals surface area contributed by atoms with Gasteiger partial charge in [-0.3, -0.25) is 9.59 Å². The Morgan fingerprint density at radius 1 is 1.07 bits per heavy atom. The third-order valence-corrected chi connectivity index (χ3v) is 4.85. The first-order valence-corrected chi connectivity index (χ1v) is 8.99. The standard InChI is InChI=1S/C21H24N2O4/c1-4-14-7-5-6-8-17(14)22-20(24)21(25)23-10-9-15-11-18(26-2)19(27-3)12-16(15)13-23/h5-8,11-12H,4,9-10,13H2,1-3H3,(H,22,24). The highest BCUT2D eigenvalue weighted by molar-refractivity contribution is 6.39. The van der Waals surface area contributed by atoms with E-state index >= 15 is 0 Å². The average molecular weight is 368 g/mol. The van der Waals surface area contributed by atoms with Gasteiger partial charge in [-0.2, -0.15) is 0 Å². The van der Waals surface area contributed by atoms with Crippen LogP contribution in [0.5, 0.6) is 11.5 Å². The van der Waals surface area contributed by atoms with Crippen LogP contribution in [-0.4, -0.2) is 37.5 Å². The second-order valence-corrected chi connectivity index (χ2v) is 6.42. The number of hydrogen-bond donors (Lipinski definition) is 1. The van der Waals surface area contributed by atoms with E-state index < -0.39 is 11.8 Å². The zero-order valence-electron chi connectivity index (χ0n) is 15.9. The van der Waals surface area contributed by atoms with Gasteiger partial charge in [-0.05, 0) is 47.7 Å². The Bertz CT molecular complexity index is 863. The fraction of sp³-hybridized carbons (Fsp3) is 0.333. The molecular formula is C21H24N2O4. The van der Waals surface area contributed by atoms with Crippen LogP contribution in [0.3, 0.4) is 0 Å². The van der Waals surface area contributed by atoms with Crippen LogP contribution in [0.4, 0.5) is 5.69 Å². The van der Waals surface area contributed by atoms with Gasteiger partial charge in [0.2, 0.25) is 0 Å². The van der Waals surface area contributed by atoms with E-state index in [1.165, 1.54) is 0 Å². The summed E-state index contributed by atoms with van der Waals surface area (Å²) in [6, 6.07) is 11.3. The summed E-state index contributed by atoms with van der Waals surface area (Å²) in [5.41, 5.74) is 3.75. The van der Waals surface area contributed by atoms with Crippen molar-refractivity contribution in [1.82, 2.24) is 4.90 Å². The molecule has 0 fully saturated rings. The maximum absolute atomic E-state index is 12.6. The molecule has 6 heteroatoms. The number of nitrogens with one attached hydrogen (secondary N) is 1. The number of rotatable bonds is 4. The first kappa shape index (κ1) is 18.8. The summed E-state index contributed by atoms with van der Waals surface area (Å²) in [6.07, 6.45) is 1.45. The predicted octanol–water partition coefficient (Wildman–Crippen LogP) is 2.79. The van der Waals surface area contributed by atoms with Crippen molar-refractivity contribution in [3.8, 4) is 11.5 Å². The van der Waals surface area contributed by atoms with Crippen LogP contribution in [0.2, 0.25) is 0 Å². The number of methoxy groups -OCH3 is 2. The van der Waals surface area contributed by atoms with Gasteiger partial charge in [0, 0.05) is 18.8 Å². The summed E-state index contributed by atoms with van der Waals surface area (Å²) in [7, 11) is 3.18. The largest absolute Gasteiger partial charge is 0.493 e. The van der Waals surface area contributed by atoms with Gasteiger partial charge >= 0.3 is 11.8 Å². The number of nitrogens with zero attached hydrogens (tertiary/aromatic N) is 1. The normalized spacial score (nSPS) is 12.9. The molecule has 0 atom stereocenters. The average Bonchev–Trinajstić information content (AvgIpc) is 2.71. The number of carbonyl (C=O) groups excluding carboxylic acids is 2. The molecule has 2 aromatic carbocycles. The summed E-state index contributed by atoms with van der Waals surface area (Å²) < 4.78 is 10.7. The van der Waals surface area contributed by atoms with Crippen molar-refractivity contribution in [2.24, 2.45) is 0 Å². The van der Waals surface area contributed by atoms with Gasteiger partial charge < -0.3 is 19.7 Å². The van der Waals surface area contributed by atoms with Crippen LogP contribution < -0.4 is 14.8 Å². The molecule has 6 nitrogen and oxygen atoms in total. The smallest absolute Gasteiger partial charge is 0.313 e. The van der Waals surface area contributed by atoms with Crippen molar-refractivity contribution in [2.75, 3.05) is 26.1 Å². The molecule has 0 aromatic heterocycles. The minimum absolute atomic E-state index is 0.372. The number of aryl methyl sites for hydroxylation is 1. The second-order valence-electron chi connectivity index (χ2n) is 6.42. The molecule has 0 aliphatic carbocycles. The molecule has 1 heterocycles. The summed E-state index contributed by atoms with van der Waals surface area (Å²) in [5.74, 6) is 0.151. The number of carbonyl (C=O) groups is 2. The van der Waals surface area contributed by atoms with Gasteiger partial charge in [0.25, 0.3) is 0 Å². The van der Waals surface area contributed by atoms with Crippen molar-refractivity contribution < 1.29 is 19.1 Å². The number of para-hydroxylation sites is 1. The number of anilines is 1. The summed E-state index contributed by atoms with van der Waals surface area (Å²) in [5, 5.41) is 2.75. The fourth-order valence-corrected chi connectivity index (χ4v) is 3.33. The summed E-state index contributed by atoms with van der Waals surface area (Å²) in [6.45, 7) is 2.87. The molecule has 0 radical (unpaired) electrons. The minimum Gasteiger partial charge on any atom is -0.493 e. The SMILES string of the molecule is CCc1ccccc1NC(=O)C(=O)N1CCc2cc(OC)c(OC)cc2C1. The third kappa shape index (κ3) is 3.89. The van der Waals surface area contributed by atoms with E-state index in [1.807, 2.05) is 43.3 Å². The molecule has 0 saturated carbocycles. The predicted molar refractivity (Wildman–Crippen MR) is 103 cm³/mol. The summed E-state index contributed by atoms with van der Waals surface area (Å²) in [4.78, 5) is 26.7. The zero-order valence-corrected chi connectivity index (χ0v) is 15.9. The molecule has 2 amide bonds. The van der Waals surface area contributed by atoms with Gasteiger partial charge in [-0.1, -0.05) is 25.1 Å². The number of hydrogen-bond acceptors (Lipinski definition) is 4. The molecule has 0 spiro atoms. The molecule has 0 unspecified atom stereocenters. The van der Waals surface area contributed by atoms with Gasteiger partial charge in [-0.25, -0.2) is 0 Å².